The Morgan fingerprint density at radius 1 is 1.36 bits per heavy atom. The summed E-state index contributed by atoms with van der Waals surface area (Å²) in [6.07, 6.45) is 8.28. The van der Waals surface area contributed by atoms with E-state index in [-0.39, 0.29) is 0 Å². The third-order valence-electron chi connectivity index (χ3n) is 2.54. The minimum absolute atomic E-state index is 0.352. The van der Waals surface area contributed by atoms with Crippen molar-refractivity contribution >= 4 is 11.9 Å². The molecule has 81 valence electrons. The van der Waals surface area contributed by atoms with Gasteiger partial charge in [0.15, 0.2) is 0 Å². The van der Waals surface area contributed by atoms with E-state index >= 15 is 0 Å². The molecule has 1 unspecified atom stereocenters. The van der Waals surface area contributed by atoms with Crippen LogP contribution in [0.2, 0.25) is 0 Å². The van der Waals surface area contributed by atoms with Crippen molar-refractivity contribution in [1.82, 2.24) is 0 Å². The van der Waals surface area contributed by atoms with Crippen molar-refractivity contribution in [2.24, 2.45) is 0 Å². The van der Waals surface area contributed by atoms with Crippen molar-refractivity contribution in [2.75, 3.05) is 0 Å². The third kappa shape index (κ3) is 8.45. The van der Waals surface area contributed by atoms with E-state index in [1.807, 2.05) is 0 Å². The van der Waals surface area contributed by atoms with Gasteiger partial charge in [0.2, 0.25) is 0 Å². The fourth-order valence-corrected chi connectivity index (χ4v) is 2.37. The summed E-state index contributed by atoms with van der Waals surface area (Å²) in [6, 6.07) is 0. The van der Waals surface area contributed by atoms with Gasteiger partial charge >= 0.3 is 55.6 Å². The van der Waals surface area contributed by atoms with Crippen LogP contribution in [-0.2, 0) is 33.5 Å². The third-order valence-corrected chi connectivity index (χ3v) is 5.00. The average Bonchev–Trinajstić information content (AvgIpc) is 2.30. The van der Waals surface area contributed by atoms with Crippen LogP contribution >= 0.6 is 11.9 Å². The molecule has 1 fully saturated rings. The second-order valence-corrected chi connectivity index (χ2v) is 5.21. The fraction of sp³-hybridized carbons (Fsp3) is 1.00. The van der Waals surface area contributed by atoms with Crippen LogP contribution in [0.1, 0.15) is 52.4 Å². The van der Waals surface area contributed by atoms with E-state index in [2.05, 4.69) is 18.1 Å². The molecule has 1 saturated carbocycles. The minimum atomic E-state index is 0.352. The summed E-state index contributed by atoms with van der Waals surface area (Å²) in [5, 5.41) is 0. The molecule has 4 heteroatoms. The zero-order chi connectivity index (χ0) is 10.8. The normalized spacial score (nSPS) is 19.8. The molecule has 0 spiro atoms. The maximum atomic E-state index is 5.18. The first kappa shape index (κ1) is 15.1. The van der Waals surface area contributed by atoms with Gasteiger partial charge in [0.1, 0.15) is 0 Å². The molecule has 0 amide bonds. The van der Waals surface area contributed by atoms with Gasteiger partial charge < -0.3 is 0 Å². The standard InChI is InChI=1S/C6H11ClO.C4H9O.Hg/c7-8-6-4-2-1-3-5-6;1-3-4(2)5;/h6H,1-5H2;4H,3H2,1-2H3;/q;-1;+1. The van der Waals surface area contributed by atoms with Crippen molar-refractivity contribution in [3.8, 4) is 0 Å². The summed E-state index contributed by atoms with van der Waals surface area (Å²) in [7, 11) is 0. The molecule has 0 bridgehead atoms. The van der Waals surface area contributed by atoms with Gasteiger partial charge in [-0.2, -0.15) is 0 Å². The van der Waals surface area contributed by atoms with Gasteiger partial charge in [0, 0.05) is 0 Å². The van der Waals surface area contributed by atoms with Gasteiger partial charge in [-0.15, -0.1) is 0 Å². The molecule has 0 saturated heterocycles. The number of hydrogen-bond donors (Lipinski definition) is 0. The summed E-state index contributed by atoms with van der Waals surface area (Å²) < 4.78 is 9.76. The largest absolute Gasteiger partial charge is 0.276 e. The first-order chi connectivity index (χ1) is 6.74. The summed E-state index contributed by atoms with van der Waals surface area (Å²) in [6.45, 7) is 4.24. The van der Waals surface area contributed by atoms with Crippen LogP contribution in [0.4, 0.5) is 0 Å². The SMILES string of the molecule is CCC(C)[O][Hg].ClOC1CCCCC1. The minimum Gasteiger partial charge on any atom is -0.276 e. The molecule has 14 heavy (non-hydrogen) atoms. The van der Waals surface area contributed by atoms with Gasteiger partial charge in [-0.05, 0) is 12.8 Å². The molecule has 0 radical (unpaired) electrons. The van der Waals surface area contributed by atoms with Crippen LogP contribution in [0.5, 0.6) is 0 Å². The van der Waals surface area contributed by atoms with E-state index in [0.717, 1.165) is 19.3 Å². The zero-order valence-electron chi connectivity index (χ0n) is 9.30. The van der Waals surface area contributed by atoms with Crippen molar-refractivity contribution in [2.45, 2.75) is 64.6 Å². The summed E-state index contributed by atoms with van der Waals surface area (Å²) >= 11 is 5.72. The van der Waals surface area contributed by atoms with Crippen molar-refractivity contribution in [3.05, 3.63) is 0 Å². The predicted octanol–water partition coefficient (Wildman–Crippen LogP) is 3.75. The van der Waals surface area contributed by atoms with E-state index in [1.54, 1.807) is 0 Å². The maximum absolute atomic E-state index is 5.18. The molecule has 2 nitrogen and oxygen atoms in total. The molecular weight excluding hydrogens is 388 g/mol. The molecular formula is C10H20ClHgO2. The maximum Gasteiger partial charge on any atom is 0.0790 e. The van der Waals surface area contributed by atoms with Gasteiger partial charge in [-0.3, -0.25) is 4.29 Å². The Kier molecular flexibility index (Phi) is 11.5. The van der Waals surface area contributed by atoms with Crippen LogP contribution in [-0.4, -0.2) is 12.2 Å². The van der Waals surface area contributed by atoms with Crippen LogP contribution in [0.3, 0.4) is 0 Å². The van der Waals surface area contributed by atoms with Crippen LogP contribution < -0.4 is 0 Å². The Morgan fingerprint density at radius 3 is 2.14 bits per heavy atom. The first-order valence-electron chi connectivity index (χ1n) is 5.42. The van der Waals surface area contributed by atoms with E-state index in [0.29, 0.717) is 38.8 Å². The van der Waals surface area contributed by atoms with Crippen molar-refractivity contribution in [3.63, 3.8) is 0 Å². The Labute approximate surface area is 109 Å². The number of rotatable bonds is 3. The van der Waals surface area contributed by atoms with E-state index in [1.165, 1.54) is 19.3 Å². The van der Waals surface area contributed by atoms with Crippen LogP contribution in [0, 0.1) is 0 Å². The Morgan fingerprint density at radius 2 is 1.93 bits per heavy atom. The van der Waals surface area contributed by atoms with Gasteiger partial charge in [0.05, 0.1) is 18.0 Å². The molecule has 0 heterocycles. The van der Waals surface area contributed by atoms with Crippen molar-refractivity contribution in [1.29, 1.82) is 0 Å². The Hall–Kier alpha value is 1.15. The fourth-order valence-electron chi connectivity index (χ4n) is 1.27. The molecule has 0 aromatic heterocycles. The zero-order valence-corrected chi connectivity index (χ0v) is 15.6. The number of halogens is 1. The smallest absolute Gasteiger partial charge is 0.0790 e. The molecule has 1 aliphatic rings. The predicted molar refractivity (Wildman–Crippen MR) is 54.6 cm³/mol. The molecule has 1 rings (SSSR count). The van der Waals surface area contributed by atoms with Gasteiger partial charge in [-0.1, -0.05) is 19.3 Å². The molecule has 1 aliphatic carbocycles. The molecule has 0 aromatic rings. The van der Waals surface area contributed by atoms with E-state index < -0.39 is 0 Å². The van der Waals surface area contributed by atoms with Crippen molar-refractivity contribution < 1.29 is 33.5 Å². The molecule has 0 N–H and O–H groups in total. The molecule has 0 aliphatic heterocycles. The van der Waals surface area contributed by atoms with Crippen LogP contribution in [0.25, 0.3) is 0 Å². The van der Waals surface area contributed by atoms with E-state index in [4.69, 9.17) is 14.5 Å². The van der Waals surface area contributed by atoms with E-state index in [9.17, 15) is 0 Å². The summed E-state index contributed by atoms with van der Waals surface area (Å²) in [4.78, 5) is 0. The second-order valence-electron chi connectivity index (χ2n) is 3.73. The van der Waals surface area contributed by atoms with Crippen LogP contribution in [0.15, 0.2) is 0 Å². The Bertz CT molecular complexity index is 115. The second kappa shape index (κ2) is 10.7. The average molecular weight is 408 g/mol. The van der Waals surface area contributed by atoms with Gasteiger partial charge in [-0.25, -0.2) is 0 Å². The molecule has 0 aromatic carbocycles. The monoisotopic (exact) mass is 409 g/mol. The topological polar surface area (TPSA) is 18.5 Å². The summed E-state index contributed by atoms with van der Waals surface area (Å²) in [5.41, 5.74) is 0. The first-order valence-corrected chi connectivity index (χ1v) is 7.98. The quantitative estimate of drug-likeness (QED) is 0.663. The Balaban J connectivity index is 0.000000255. The number of hydrogen-bond acceptors (Lipinski definition) is 2. The molecule has 1 atom stereocenters. The van der Waals surface area contributed by atoms with Gasteiger partial charge in [0.25, 0.3) is 0 Å². The summed E-state index contributed by atoms with van der Waals surface area (Å²) in [5.74, 6) is 0.